The Balaban J connectivity index is 1.90. The second-order valence-corrected chi connectivity index (χ2v) is 6.62. The fourth-order valence-corrected chi connectivity index (χ4v) is 3.20. The van der Waals surface area contributed by atoms with Crippen LogP contribution in [0.25, 0.3) is 11.0 Å². The van der Waals surface area contributed by atoms with E-state index in [9.17, 15) is 23.1 Å². The number of aliphatic hydroxyl groups is 1. The number of nitrogens with two attached hydrogens (primary N) is 1. The maximum absolute atomic E-state index is 12.5. The number of aliphatic hydroxyl groups excluding tert-OH is 1. The summed E-state index contributed by atoms with van der Waals surface area (Å²) in [7, 11) is 0. The van der Waals surface area contributed by atoms with Crippen LogP contribution in [0, 0.1) is 11.8 Å². The first-order valence-electron chi connectivity index (χ1n) is 9.34. The van der Waals surface area contributed by atoms with Crippen LogP contribution in [-0.2, 0) is 14.2 Å². The Bertz CT molecular complexity index is 1110. The van der Waals surface area contributed by atoms with Crippen molar-refractivity contribution in [1.29, 1.82) is 0 Å². The lowest BCUT2D eigenvalue weighted by Crippen LogP contribution is -2.27. The van der Waals surface area contributed by atoms with Crippen LogP contribution in [0.2, 0.25) is 0 Å². The van der Waals surface area contributed by atoms with Crippen molar-refractivity contribution in [1.82, 2.24) is 14.5 Å². The first-order chi connectivity index (χ1) is 15.2. The van der Waals surface area contributed by atoms with Gasteiger partial charge in [0, 0.05) is 12.6 Å². The highest BCUT2D eigenvalue weighted by atomic mass is 19.4. The van der Waals surface area contributed by atoms with Gasteiger partial charge in [-0.05, 0) is 0 Å². The minimum atomic E-state index is -4.83. The number of aromatic amines is 1. The predicted molar refractivity (Wildman–Crippen MR) is 108 cm³/mol. The van der Waals surface area contributed by atoms with Crippen molar-refractivity contribution in [2.45, 2.75) is 31.2 Å². The van der Waals surface area contributed by atoms with Crippen LogP contribution in [-0.4, -0.2) is 64.4 Å². The normalized spacial score (nSPS) is 21.1. The Hall–Kier alpha value is -3.34. The number of H-pyrrole nitrogens is 1. The summed E-state index contributed by atoms with van der Waals surface area (Å²) in [4.78, 5) is 22.4. The number of nitrogens with zero attached hydrogens (tertiary/aromatic N) is 3. The Morgan fingerprint density at radius 2 is 2.31 bits per heavy atom. The van der Waals surface area contributed by atoms with Crippen LogP contribution in [0.4, 0.5) is 19.1 Å². The highest BCUT2D eigenvalue weighted by Crippen LogP contribution is 2.33. The zero-order valence-corrected chi connectivity index (χ0v) is 16.6. The molecule has 2 aromatic rings. The van der Waals surface area contributed by atoms with E-state index in [2.05, 4.69) is 38.1 Å². The molecule has 0 spiro atoms. The van der Waals surface area contributed by atoms with Crippen molar-refractivity contribution in [2.24, 2.45) is 4.99 Å². The highest BCUT2D eigenvalue weighted by molar-refractivity contribution is 5.83. The summed E-state index contributed by atoms with van der Waals surface area (Å²) in [5.74, 6) is 5.11. The lowest BCUT2D eigenvalue weighted by molar-refractivity contribution is -0.280. The second kappa shape index (κ2) is 9.86. The van der Waals surface area contributed by atoms with E-state index in [4.69, 9.17) is 15.2 Å². The second-order valence-electron chi connectivity index (χ2n) is 6.62. The van der Waals surface area contributed by atoms with Crippen LogP contribution in [0.1, 0.15) is 18.2 Å². The smallest absolute Gasteiger partial charge is 0.395 e. The molecular formula is C19H20F3N5O5. The Morgan fingerprint density at radius 3 is 3.00 bits per heavy atom. The van der Waals surface area contributed by atoms with Crippen LogP contribution in [0.5, 0.6) is 0 Å². The van der Waals surface area contributed by atoms with E-state index < -0.39 is 30.4 Å². The number of halogens is 3. The van der Waals surface area contributed by atoms with Gasteiger partial charge in [-0.3, -0.25) is 9.78 Å². The van der Waals surface area contributed by atoms with Gasteiger partial charge < -0.3 is 29.6 Å². The number of rotatable bonds is 7. The minimum absolute atomic E-state index is 0.119. The van der Waals surface area contributed by atoms with Crippen molar-refractivity contribution >= 4 is 23.4 Å². The standard InChI is InChI=1S/C19H20F3N5O5/c1-2-6-30-12-7-14(32-13(12)9-28)27-8-11(4-3-5-24-10-31-19(20,21)22)15-16(27)25-18(23)26-17(15)29/h2,8,10,12-14,28H,1,5-7,9H2,(H3,23,25,26,29)/b24-10-. The summed E-state index contributed by atoms with van der Waals surface area (Å²) in [5.41, 5.74) is 5.58. The van der Waals surface area contributed by atoms with E-state index in [1.54, 1.807) is 10.6 Å². The molecule has 1 saturated heterocycles. The summed E-state index contributed by atoms with van der Waals surface area (Å²) in [6.45, 7) is 3.28. The van der Waals surface area contributed by atoms with Crippen molar-refractivity contribution in [3.8, 4) is 11.8 Å². The third-order valence-electron chi connectivity index (χ3n) is 4.45. The van der Waals surface area contributed by atoms with Gasteiger partial charge in [-0.15, -0.1) is 19.8 Å². The minimum Gasteiger partial charge on any atom is -0.395 e. The summed E-state index contributed by atoms with van der Waals surface area (Å²) in [6.07, 6.45) is -2.79. The first-order valence-corrected chi connectivity index (χ1v) is 9.34. The quantitative estimate of drug-likeness (QED) is 0.246. The van der Waals surface area contributed by atoms with Gasteiger partial charge in [0.25, 0.3) is 5.56 Å². The zero-order chi connectivity index (χ0) is 23.3. The number of hydrogen-bond donors (Lipinski definition) is 3. The molecule has 0 saturated carbocycles. The SMILES string of the molecule is C=CCOC1CC(n2cc(C#CC/N=C\OC(F)(F)F)c3c(=O)[nH]c(N)nc32)OC1CO. The van der Waals surface area contributed by atoms with Crippen LogP contribution < -0.4 is 11.3 Å². The Kier molecular flexibility index (Phi) is 7.18. The van der Waals surface area contributed by atoms with Gasteiger partial charge in [0.2, 0.25) is 5.95 Å². The van der Waals surface area contributed by atoms with Gasteiger partial charge in [0.15, 0.2) is 12.0 Å². The lowest BCUT2D eigenvalue weighted by Gasteiger charge is -2.15. The molecule has 1 fully saturated rings. The van der Waals surface area contributed by atoms with Crippen LogP contribution in [0.3, 0.4) is 0 Å². The van der Waals surface area contributed by atoms with E-state index in [1.165, 1.54) is 6.20 Å². The van der Waals surface area contributed by atoms with E-state index in [1.807, 2.05) is 0 Å². The van der Waals surface area contributed by atoms with Crippen LogP contribution >= 0.6 is 0 Å². The third-order valence-corrected chi connectivity index (χ3v) is 4.45. The molecule has 3 heterocycles. The summed E-state index contributed by atoms with van der Waals surface area (Å²) < 4.78 is 52.3. The van der Waals surface area contributed by atoms with Crippen LogP contribution in [0.15, 0.2) is 28.6 Å². The molecule has 2 aromatic heterocycles. The molecular weight excluding hydrogens is 435 g/mol. The van der Waals surface area contributed by atoms with Crippen molar-refractivity contribution in [2.75, 3.05) is 25.5 Å². The topological polar surface area (TPSA) is 137 Å². The van der Waals surface area contributed by atoms with Gasteiger partial charge in [-0.1, -0.05) is 17.9 Å². The molecule has 172 valence electrons. The molecule has 3 rings (SSSR count). The molecule has 0 amide bonds. The van der Waals surface area contributed by atoms with Gasteiger partial charge in [0.05, 0.1) is 30.3 Å². The molecule has 4 N–H and O–H groups in total. The average molecular weight is 455 g/mol. The number of nitrogens with one attached hydrogen (secondary N) is 1. The zero-order valence-electron chi connectivity index (χ0n) is 16.6. The number of nitrogen functional groups attached to an aromatic ring is 1. The van der Waals surface area contributed by atoms with Gasteiger partial charge in [-0.2, -0.15) is 4.98 Å². The highest BCUT2D eigenvalue weighted by Gasteiger charge is 2.37. The molecule has 3 unspecified atom stereocenters. The number of hydrogen-bond acceptors (Lipinski definition) is 8. The maximum Gasteiger partial charge on any atom is 0.573 e. The third kappa shape index (κ3) is 5.47. The summed E-state index contributed by atoms with van der Waals surface area (Å²) >= 11 is 0. The summed E-state index contributed by atoms with van der Waals surface area (Å²) in [5, 5.41) is 9.72. The maximum atomic E-state index is 12.5. The Labute approximate surface area is 179 Å². The first kappa shape index (κ1) is 23.3. The van der Waals surface area contributed by atoms with Crippen molar-refractivity contribution in [3.05, 3.63) is 34.8 Å². The Morgan fingerprint density at radius 1 is 1.53 bits per heavy atom. The largest absolute Gasteiger partial charge is 0.573 e. The molecule has 32 heavy (non-hydrogen) atoms. The monoisotopic (exact) mass is 455 g/mol. The number of fused-ring (bicyclic) bond motifs is 1. The van der Waals surface area contributed by atoms with Crippen molar-refractivity contribution < 1.29 is 32.5 Å². The molecule has 3 atom stereocenters. The van der Waals surface area contributed by atoms with E-state index in [0.717, 1.165) is 0 Å². The number of aromatic nitrogens is 3. The van der Waals surface area contributed by atoms with Gasteiger partial charge in [-0.25, -0.2) is 4.99 Å². The number of ether oxygens (including phenoxy) is 3. The summed E-state index contributed by atoms with van der Waals surface area (Å²) in [6, 6.07) is 0. The number of alkyl halides is 3. The van der Waals surface area contributed by atoms with Gasteiger partial charge in [0.1, 0.15) is 18.9 Å². The molecule has 0 aliphatic carbocycles. The molecule has 10 nitrogen and oxygen atoms in total. The molecule has 0 radical (unpaired) electrons. The molecule has 13 heteroatoms. The van der Waals surface area contributed by atoms with Crippen molar-refractivity contribution in [3.63, 3.8) is 0 Å². The van der Waals surface area contributed by atoms with E-state index >= 15 is 0 Å². The number of aliphatic imine (C=N–C) groups is 1. The van der Waals surface area contributed by atoms with E-state index in [-0.39, 0.29) is 48.7 Å². The molecule has 0 bridgehead atoms. The predicted octanol–water partition coefficient (Wildman–Crippen LogP) is 1.07. The van der Waals surface area contributed by atoms with E-state index in [0.29, 0.717) is 6.42 Å². The molecule has 0 aromatic carbocycles. The average Bonchev–Trinajstić information content (AvgIpc) is 3.29. The molecule has 1 aliphatic heterocycles. The lowest BCUT2D eigenvalue weighted by atomic mass is 10.2. The molecule has 1 aliphatic rings. The fourth-order valence-electron chi connectivity index (χ4n) is 3.20. The van der Waals surface area contributed by atoms with Gasteiger partial charge >= 0.3 is 6.36 Å². The fraction of sp³-hybridized carbons (Fsp3) is 0.421. The number of anilines is 1.